The van der Waals surface area contributed by atoms with Crippen LogP contribution >= 0.6 is 0 Å². The molecule has 1 rings (SSSR count). The third kappa shape index (κ3) is 3.19. The van der Waals surface area contributed by atoms with E-state index in [2.05, 4.69) is 5.32 Å². The van der Waals surface area contributed by atoms with Crippen molar-refractivity contribution < 1.29 is 9.59 Å². The number of amides is 2. The Morgan fingerprint density at radius 1 is 1.53 bits per heavy atom. The van der Waals surface area contributed by atoms with Crippen molar-refractivity contribution in [2.45, 2.75) is 38.6 Å². The molecule has 1 aliphatic heterocycles. The molecule has 0 aromatic rings. The van der Waals surface area contributed by atoms with E-state index >= 15 is 0 Å². The van der Waals surface area contributed by atoms with Gasteiger partial charge in [-0.1, -0.05) is 6.92 Å². The van der Waals surface area contributed by atoms with Crippen LogP contribution in [-0.2, 0) is 9.59 Å². The largest absolute Gasteiger partial charge is 0.359 e. The summed E-state index contributed by atoms with van der Waals surface area (Å²) in [4.78, 5) is 25.5. The molecule has 0 bridgehead atoms. The van der Waals surface area contributed by atoms with Gasteiger partial charge in [0, 0.05) is 20.1 Å². The number of nitrogens with zero attached hydrogens (tertiary/aromatic N) is 1. The summed E-state index contributed by atoms with van der Waals surface area (Å²) in [6.45, 7) is 4.85. The Labute approximate surface area is 103 Å². The van der Waals surface area contributed by atoms with E-state index in [1.165, 1.54) is 0 Å². The topological polar surface area (TPSA) is 75.4 Å². The molecule has 17 heavy (non-hydrogen) atoms. The standard InChI is InChI=1S/C12H23N3O2/c1-4-12(2,13)11(17)15-7-5-6-9(8-15)10(16)14-3/h9H,4-8,13H2,1-3H3,(H,14,16). The highest BCUT2D eigenvalue weighted by Gasteiger charge is 2.35. The first-order chi connectivity index (χ1) is 7.92. The summed E-state index contributed by atoms with van der Waals surface area (Å²) in [6.07, 6.45) is 2.31. The van der Waals surface area contributed by atoms with Crippen molar-refractivity contribution in [2.75, 3.05) is 20.1 Å². The number of rotatable bonds is 3. The molecule has 2 atom stereocenters. The highest BCUT2D eigenvalue weighted by Crippen LogP contribution is 2.20. The van der Waals surface area contributed by atoms with Gasteiger partial charge in [-0.25, -0.2) is 0 Å². The molecule has 0 spiro atoms. The molecule has 2 amide bonds. The molecule has 0 saturated carbocycles. The van der Waals surface area contributed by atoms with Crippen LogP contribution in [0.2, 0.25) is 0 Å². The lowest BCUT2D eigenvalue weighted by Crippen LogP contribution is -2.56. The van der Waals surface area contributed by atoms with Crippen molar-refractivity contribution in [2.24, 2.45) is 11.7 Å². The van der Waals surface area contributed by atoms with Gasteiger partial charge in [0.15, 0.2) is 0 Å². The van der Waals surface area contributed by atoms with Crippen LogP contribution in [0, 0.1) is 5.92 Å². The Morgan fingerprint density at radius 3 is 2.71 bits per heavy atom. The van der Waals surface area contributed by atoms with Gasteiger partial charge >= 0.3 is 0 Å². The fraction of sp³-hybridized carbons (Fsp3) is 0.833. The van der Waals surface area contributed by atoms with Crippen LogP contribution in [0.5, 0.6) is 0 Å². The summed E-state index contributed by atoms with van der Waals surface area (Å²) in [5.41, 5.74) is 5.14. The van der Waals surface area contributed by atoms with Crippen molar-refractivity contribution in [3.05, 3.63) is 0 Å². The van der Waals surface area contributed by atoms with E-state index in [9.17, 15) is 9.59 Å². The van der Waals surface area contributed by atoms with Crippen LogP contribution in [0.1, 0.15) is 33.1 Å². The number of piperidine rings is 1. The Bertz CT molecular complexity index is 302. The molecule has 5 heteroatoms. The highest BCUT2D eigenvalue weighted by atomic mass is 16.2. The molecule has 1 aliphatic rings. The normalized spacial score (nSPS) is 24.0. The predicted octanol–water partition coefficient (Wildman–Crippen LogP) is 0.0984. The Hall–Kier alpha value is -1.10. The van der Waals surface area contributed by atoms with Crippen LogP contribution in [0.25, 0.3) is 0 Å². The van der Waals surface area contributed by atoms with Gasteiger partial charge in [0.2, 0.25) is 11.8 Å². The lowest BCUT2D eigenvalue weighted by molar-refractivity contribution is -0.140. The molecule has 3 N–H and O–H groups in total. The van der Waals surface area contributed by atoms with Crippen molar-refractivity contribution in [1.82, 2.24) is 10.2 Å². The summed E-state index contributed by atoms with van der Waals surface area (Å²) >= 11 is 0. The van der Waals surface area contributed by atoms with Gasteiger partial charge in [-0.15, -0.1) is 0 Å². The summed E-state index contributed by atoms with van der Waals surface area (Å²) in [5, 5.41) is 2.64. The van der Waals surface area contributed by atoms with E-state index < -0.39 is 5.54 Å². The molecule has 2 unspecified atom stereocenters. The molecule has 1 fully saturated rings. The van der Waals surface area contributed by atoms with Gasteiger partial charge in [-0.2, -0.15) is 0 Å². The second-order valence-electron chi connectivity index (χ2n) is 4.98. The van der Waals surface area contributed by atoms with E-state index in [1.54, 1.807) is 18.9 Å². The van der Waals surface area contributed by atoms with E-state index in [4.69, 9.17) is 5.73 Å². The molecule has 0 aliphatic carbocycles. The number of hydrogen-bond acceptors (Lipinski definition) is 3. The lowest BCUT2D eigenvalue weighted by atomic mass is 9.93. The zero-order valence-corrected chi connectivity index (χ0v) is 11.0. The van der Waals surface area contributed by atoms with E-state index in [1.807, 2.05) is 6.92 Å². The van der Waals surface area contributed by atoms with E-state index in [0.717, 1.165) is 12.8 Å². The third-order valence-corrected chi connectivity index (χ3v) is 3.55. The molecule has 98 valence electrons. The summed E-state index contributed by atoms with van der Waals surface area (Å²) in [7, 11) is 1.63. The number of nitrogens with two attached hydrogens (primary N) is 1. The fourth-order valence-electron chi connectivity index (χ4n) is 2.09. The Kier molecular flexibility index (Phi) is 4.51. The second-order valence-corrected chi connectivity index (χ2v) is 4.98. The average molecular weight is 241 g/mol. The van der Waals surface area contributed by atoms with Crippen molar-refractivity contribution in [3.63, 3.8) is 0 Å². The predicted molar refractivity (Wildman–Crippen MR) is 66.3 cm³/mol. The zero-order valence-electron chi connectivity index (χ0n) is 11.0. The molecule has 0 aromatic heterocycles. The Balaban J connectivity index is 2.67. The van der Waals surface area contributed by atoms with E-state index in [0.29, 0.717) is 19.5 Å². The summed E-state index contributed by atoms with van der Waals surface area (Å²) < 4.78 is 0. The number of likely N-dealkylation sites (tertiary alicyclic amines) is 1. The zero-order chi connectivity index (χ0) is 13.1. The molecular formula is C12H23N3O2. The smallest absolute Gasteiger partial charge is 0.242 e. The van der Waals surface area contributed by atoms with Crippen molar-refractivity contribution in [1.29, 1.82) is 0 Å². The maximum absolute atomic E-state index is 12.2. The summed E-state index contributed by atoms with van der Waals surface area (Å²) in [5.74, 6) is -0.128. The Morgan fingerprint density at radius 2 is 2.18 bits per heavy atom. The van der Waals surface area contributed by atoms with E-state index in [-0.39, 0.29) is 17.7 Å². The minimum atomic E-state index is -0.815. The molecule has 1 saturated heterocycles. The van der Waals surface area contributed by atoms with Gasteiger partial charge in [0.05, 0.1) is 11.5 Å². The quantitative estimate of drug-likeness (QED) is 0.735. The molecule has 5 nitrogen and oxygen atoms in total. The monoisotopic (exact) mass is 241 g/mol. The highest BCUT2D eigenvalue weighted by molar-refractivity contribution is 5.86. The summed E-state index contributed by atoms with van der Waals surface area (Å²) in [6, 6.07) is 0. The average Bonchev–Trinajstić information content (AvgIpc) is 2.36. The molecule has 0 aromatic carbocycles. The van der Waals surface area contributed by atoms with Gasteiger partial charge < -0.3 is 16.0 Å². The van der Waals surface area contributed by atoms with Gasteiger partial charge in [-0.3, -0.25) is 9.59 Å². The van der Waals surface area contributed by atoms with Crippen molar-refractivity contribution >= 4 is 11.8 Å². The van der Waals surface area contributed by atoms with Gasteiger partial charge in [0.25, 0.3) is 0 Å². The first-order valence-electron chi connectivity index (χ1n) is 6.22. The second kappa shape index (κ2) is 5.49. The number of carbonyl (C=O) groups is 2. The number of carbonyl (C=O) groups excluding carboxylic acids is 2. The minimum absolute atomic E-state index is 0.0118. The number of nitrogens with one attached hydrogen (secondary N) is 1. The van der Waals surface area contributed by atoms with Crippen LogP contribution in [0.3, 0.4) is 0 Å². The maximum Gasteiger partial charge on any atom is 0.242 e. The number of hydrogen-bond donors (Lipinski definition) is 2. The molecule has 1 heterocycles. The van der Waals surface area contributed by atoms with Gasteiger partial charge in [0.1, 0.15) is 0 Å². The van der Waals surface area contributed by atoms with Crippen LogP contribution < -0.4 is 11.1 Å². The van der Waals surface area contributed by atoms with Crippen LogP contribution in [0.4, 0.5) is 0 Å². The van der Waals surface area contributed by atoms with Crippen LogP contribution in [0.15, 0.2) is 0 Å². The van der Waals surface area contributed by atoms with Crippen molar-refractivity contribution in [3.8, 4) is 0 Å². The lowest BCUT2D eigenvalue weighted by Gasteiger charge is -2.36. The first-order valence-corrected chi connectivity index (χ1v) is 6.22. The van der Waals surface area contributed by atoms with Gasteiger partial charge in [-0.05, 0) is 26.2 Å². The maximum atomic E-state index is 12.2. The first kappa shape index (κ1) is 14.0. The third-order valence-electron chi connectivity index (χ3n) is 3.55. The fourth-order valence-corrected chi connectivity index (χ4v) is 2.09. The van der Waals surface area contributed by atoms with Crippen LogP contribution in [-0.4, -0.2) is 42.4 Å². The minimum Gasteiger partial charge on any atom is -0.359 e. The SMILES string of the molecule is CCC(C)(N)C(=O)N1CCCC(C(=O)NC)C1. The molecular weight excluding hydrogens is 218 g/mol. The molecule has 0 radical (unpaired) electrons.